The van der Waals surface area contributed by atoms with Crippen molar-refractivity contribution in [3.05, 3.63) is 58.6 Å². The molecule has 2 aromatic heterocycles. The predicted octanol–water partition coefficient (Wildman–Crippen LogP) is 6.44. The van der Waals surface area contributed by atoms with Crippen molar-refractivity contribution >= 4 is 32.7 Å². The SMILES string of the molecule is CCCCCCN1CC(OC(=O)c2cccnc2CCC)[N+]([O-])(c2nc3cc(CCC)ccc3s2)C1. The molecule has 1 aliphatic rings. The average molecular weight is 511 g/mol. The van der Waals surface area contributed by atoms with Crippen LogP contribution in [0.25, 0.3) is 10.2 Å². The van der Waals surface area contributed by atoms with Gasteiger partial charge in [-0.2, -0.15) is 4.98 Å². The zero-order valence-electron chi connectivity index (χ0n) is 21.7. The lowest BCUT2D eigenvalue weighted by Crippen LogP contribution is -2.51. The third-order valence-corrected chi connectivity index (χ3v) is 7.91. The number of carbonyl (C=O) groups is 1. The minimum Gasteiger partial charge on any atom is -0.622 e. The number of thiazole rings is 1. The van der Waals surface area contributed by atoms with Gasteiger partial charge in [-0.25, -0.2) is 9.69 Å². The number of aryl methyl sites for hydroxylation is 2. The summed E-state index contributed by atoms with van der Waals surface area (Å²) in [6.07, 6.45) is 8.94. The van der Waals surface area contributed by atoms with E-state index < -0.39 is 16.8 Å². The number of rotatable bonds is 12. The molecule has 0 saturated carbocycles. The Kier molecular flexibility index (Phi) is 9.06. The number of ether oxygens (including phenoxy) is 1. The van der Waals surface area contributed by atoms with Crippen LogP contribution < -0.4 is 4.65 Å². The van der Waals surface area contributed by atoms with Crippen LogP contribution in [-0.2, 0) is 17.6 Å². The Hall–Kier alpha value is -2.39. The first-order chi connectivity index (χ1) is 17.5. The van der Waals surface area contributed by atoms with Crippen LogP contribution in [0, 0.1) is 5.21 Å². The van der Waals surface area contributed by atoms with E-state index in [-0.39, 0.29) is 6.67 Å². The molecule has 7 nitrogen and oxygen atoms in total. The van der Waals surface area contributed by atoms with Crippen LogP contribution in [0.5, 0.6) is 0 Å². The molecule has 1 aliphatic heterocycles. The van der Waals surface area contributed by atoms with E-state index in [4.69, 9.17) is 9.72 Å². The number of benzene rings is 1. The predicted molar refractivity (Wildman–Crippen MR) is 147 cm³/mol. The first-order valence-corrected chi connectivity index (χ1v) is 14.2. The minimum atomic E-state index is -0.867. The number of nitrogens with zero attached hydrogens (tertiary/aromatic N) is 4. The van der Waals surface area contributed by atoms with Gasteiger partial charge in [0.25, 0.3) is 11.4 Å². The normalized spacial score (nSPS) is 20.3. The summed E-state index contributed by atoms with van der Waals surface area (Å²) in [6, 6.07) is 9.73. The molecule has 3 aromatic rings. The van der Waals surface area contributed by atoms with Crippen LogP contribution in [0.2, 0.25) is 0 Å². The van der Waals surface area contributed by atoms with Gasteiger partial charge >= 0.3 is 5.97 Å². The standard InChI is InChI=1S/C28H38N4O3S/c1-4-7-8-9-17-31-19-26(35-27(33)22-13-10-16-29-23(22)12-6-3)32(34,20-31)28-30-24-18-21(11-5-2)14-15-25(24)36-28/h10,13-16,18,26H,4-9,11-12,17,19-20H2,1-3H3. The second kappa shape index (κ2) is 12.2. The van der Waals surface area contributed by atoms with Crippen LogP contribution in [0.4, 0.5) is 5.13 Å². The molecular formula is C28H38N4O3S. The van der Waals surface area contributed by atoms with E-state index >= 15 is 0 Å². The molecule has 1 saturated heterocycles. The van der Waals surface area contributed by atoms with Gasteiger partial charge in [-0.1, -0.05) is 70.3 Å². The number of hydrogen-bond acceptors (Lipinski definition) is 7. The summed E-state index contributed by atoms with van der Waals surface area (Å²) < 4.78 is 6.21. The fraction of sp³-hybridized carbons (Fsp3) is 0.536. The summed E-state index contributed by atoms with van der Waals surface area (Å²) in [7, 11) is 0. The number of hydrogen-bond donors (Lipinski definition) is 0. The van der Waals surface area contributed by atoms with Crippen molar-refractivity contribution < 1.29 is 9.53 Å². The average Bonchev–Trinajstić information content (AvgIpc) is 3.44. The van der Waals surface area contributed by atoms with E-state index in [2.05, 4.69) is 48.9 Å². The third-order valence-electron chi connectivity index (χ3n) is 6.76. The fourth-order valence-corrected chi connectivity index (χ4v) is 5.86. The van der Waals surface area contributed by atoms with Crippen LogP contribution in [0.15, 0.2) is 36.5 Å². The number of esters is 1. The highest BCUT2D eigenvalue weighted by atomic mass is 32.1. The molecule has 3 heterocycles. The molecule has 0 amide bonds. The van der Waals surface area contributed by atoms with Crippen molar-refractivity contribution in [3.8, 4) is 0 Å². The first-order valence-electron chi connectivity index (χ1n) is 13.3. The van der Waals surface area contributed by atoms with Crippen molar-refractivity contribution in [2.75, 3.05) is 19.8 Å². The molecule has 0 N–H and O–H groups in total. The monoisotopic (exact) mass is 510 g/mol. The largest absolute Gasteiger partial charge is 0.622 e. The highest BCUT2D eigenvalue weighted by Gasteiger charge is 2.46. The van der Waals surface area contributed by atoms with Gasteiger partial charge < -0.3 is 9.94 Å². The van der Waals surface area contributed by atoms with Gasteiger partial charge in [-0.3, -0.25) is 9.63 Å². The number of aromatic nitrogens is 2. The molecule has 1 aromatic carbocycles. The second-order valence-corrected chi connectivity index (χ2v) is 10.7. The van der Waals surface area contributed by atoms with Gasteiger partial charge in [0.15, 0.2) is 0 Å². The summed E-state index contributed by atoms with van der Waals surface area (Å²) >= 11 is 1.41. The number of pyridine rings is 1. The number of quaternary nitrogens is 1. The Balaban J connectivity index is 1.61. The molecule has 2 atom stereocenters. The quantitative estimate of drug-likeness (QED) is 0.121. The molecule has 0 radical (unpaired) electrons. The Bertz CT molecular complexity index is 1170. The minimum absolute atomic E-state index is 0.237. The van der Waals surface area contributed by atoms with Crippen molar-refractivity contribution in [2.45, 2.75) is 78.4 Å². The highest BCUT2D eigenvalue weighted by molar-refractivity contribution is 7.22. The molecule has 8 heteroatoms. The van der Waals surface area contributed by atoms with Gasteiger partial charge in [-0.05, 0) is 49.1 Å². The summed E-state index contributed by atoms with van der Waals surface area (Å²) in [4.78, 5) is 24.6. The number of hydroxylamine groups is 2. The zero-order chi connectivity index (χ0) is 25.5. The summed E-state index contributed by atoms with van der Waals surface area (Å²) in [5, 5.41) is 14.9. The maximum Gasteiger partial charge on any atom is 0.344 e. The number of fused-ring (bicyclic) bond motifs is 1. The van der Waals surface area contributed by atoms with Gasteiger partial charge in [0.1, 0.15) is 6.67 Å². The summed E-state index contributed by atoms with van der Waals surface area (Å²) in [6.45, 7) is 7.85. The van der Waals surface area contributed by atoms with E-state index in [0.29, 0.717) is 29.4 Å². The van der Waals surface area contributed by atoms with Crippen LogP contribution in [0.1, 0.15) is 80.9 Å². The lowest BCUT2D eigenvalue weighted by Gasteiger charge is -2.38. The highest BCUT2D eigenvalue weighted by Crippen LogP contribution is 2.38. The van der Waals surface area contributed by atoms with Crippen molar-refractivity contribution in [1.82, 2.24) is 19.5 Å². The zero-order valence-corrected chi connectivity index (χ0v) is 22.6. The van der Waals surface area contributed by atoms with Gasteiger partial charge in [0.05, 0.1) is 28.0 Å². The molecule has 0 aliphatic carbocycles. The molecule has 36 heavy (non-hydrogen) atoms. The lowest BCUT2D eigenvalue weighted by atomic mass is 10.1. The van der Waals surface area contributed by atoms with E-state index in [1.54, 1.807) is 18.3 Å². The molecule has 1 fully saturated rings. The molecule has 2 unspecified atom stereocenters. The second-order valence-electron chi connectivity index (χ2n) is 9.73. The Morgan fingerprint density at radius 3 is 2.75 bits per heavy atom. The topological polar surface area (TPSA) is 78.4 Å². The van der Waals surface area contributed by atoms with Crippen LogP contribution in [0.3, 0.4) is 0 Å². The molecule has 0 spiro atoms. The Labute approximate surface area is 218 Å². The van der Waals surface area contributed by atoms with E-state index in [9.17, 15) is 10.0 Å². The maximum absolute atomic E-state index is 14.4. The number of carbonyl (C=O) groups excluding carboxylic acids is 1. The van der Waals surface area contributed by atoms with Crippen LogP contribution in [-0.4, -0.2) is 46.8 Å². The molecular weight excluding hydrogens is 472 g/mol. The van der Waals surface area contributed by atoms with Crippen molar-refractivity contribution in [2.24, 2.45) is 0 Å². The van der Waals surface area contributed by atoms with Gasteiger partial charge in [0, 0.05) is 12.7 Å². The molecule has 4 rings (SSSR count). The first kappa shape index (κ1) is 26.7. The maximum atomic E-state index is 14.4. The van der Waals surface area contributed by atoms with Gasteiger partial charge in [-0.15, -0.1) is 0 Å². The Morgan fingerprint density at radius 1 is 1.14 bits per heavy atom. The van der Waals surface area contributed by atoms with E-state index in [1.807, 2.05) is 0 Å². The van der Waals surface area contributed by atoms with Crippen LogP contribution >= 0.6 is 11.3 Å². The molecule has 0 bridgehead atoms. The van der Waals surface area contributed by atoms with Crippen molar-refractivity contribution in [1.29, 1.82) is 0 Å². The summed E-state index contributed by atoms with van der Waals surface area (Å²) in [5.74, 6) is -0.478. The third kappa shape index (κ3) is 5.94. The van der Waals surface area contributed by atoms with Gasteiger partial charge in [0.2, 0.25) is 0 Å². The lowest BCUT2D eigenvalue weighted by molar-refractivity contribution is 0.00547. The Morgan fingerprint density at radius 2 is 1.97 bits per heavy atom. The van der Waals surface area contributed by atoms with Crippen molar-refractivity contribution in [3.63, 3.8) is 0 Å². The smallest absolute Gasteiger partial charge is 0.344 e. The van der Waals surface area contributed by atoms with E-state index in [0.717, 1.165) is 48.9 Å². The summed E-state index contributed by atoms with van der Waals surface area (Å²) in [5.41, 5.74) is 3.23. The molecule has 194 valence electrons. The number of unbranched alkanes of at least 4 members (excludes halogenated alkanes) is 3. The van der Waals surface area contributed by atoms with E-state index in [1.165, 1.54) is 29.7 Å². The fourth-order valence-electron chi connectivity index (χ4n) is 4.84.